The van der Waals surface area contributed by atoms with Crippen molar-refractivity contribution in [3.63, 3.8) is 0 Å². The fourth-order valence-electron chi connectivity index (χ4n) is 2.73. The van der Waals surface area contributed by atoms with Gasteiger partial charge >= 0.3 is 0 Å². The molecule has 8 nitrogen and oxygen atoms in total. The number of hydrogen-bond acceptors (Lipinski definition) is 6. The largest absolute Gasteiger partial charge is 0.354 e. The average Bonchev–Trinajstić information content (AvgIpc) is 3.02. The van der Waals surface area contributed by atoms with E-state index in [-0.39, 0.29) is 43.1 Å². The highest BCUT2D eigenvalue weighted by molar-refractivity contribution is 8.18. The lowest BCUT2D eigenvalue weighted by atomic mass is 10.2. The van der Waals surface area contributed by atoms with Crippen LogP contribution in [0.5, 0.6) is 0 Å². The number of halogens is 1. The van der Waals surface area contributed by atoms with Crippen LogP contribution in [0.25, 0.3) is 6.08 Å². The summed E-state index contributed by atoms with van der Waals surface area (Å²) in [4.78, 5) is 53.9. The van der Waals surface area contributed by atoms with Crippen LogP contribution in [-0.2, 0) is 9.59 Å². The van der Waals surface area contributed by atoms with Gasteiger partial charge in [0.25, 0.3) is 17.1 Å². The maximum Gasteiger partial charge on any atom is 0.293 e. The Labute approximate surface area is 188 Å². The number of nitrogens with zero attached hydrogens (tertiary/aromatic N) is 2. The minimum absolute atomic E-state index is 0.0546. The van der Waals surface area contributed by atoms with Crippen LogP contribution in [0.15, 0.2) is 53.7 Å². The molecule has 4 amide bonds. The number of carbonyl (C=O) groups is 4. The summed E-state index contributed by atoms with van der Waals surface area (Å²) in [5, 5.41) is 5.21. The van der Waals surface area contributed by atoms with E-state index >= 15 is 0 Å². The van der Waals surface area contributed by atoms with Crippen molar-refractivity contribution in [3.05, 3.63) is 69.8 Å². The molecule has 10 heteroatoms. The predicted octanol–water partition coefficient (Wildman–Crippen LogP) is 2.71. The van der Waals surface area contributed by atoms with Gasteiger partial charge in [0.2, 0.25) is 5.91 Å². The van der Waals surface area contributed by atoms with E-state index in [0.717, 1.165) is 22.2 Å². The van der Waals surface area contributed by atoms with Crippen LogP contribution in [0.2, 0.25) is 5.02 Å². The fourth-order valence-corrected chi connectivity index (χ4v) is 3.82. The third kappa shape index (κ3) is 6.16. The summed E-state index contributed by atoms with van der Waals surface area (Å²) in [5.41, 5.74) is 1.06. The van der Waals surface area contributed by atoms with Crippen molar-refractivity contribution in [3.8, 4) is 0 Å². The number of hydrogen-bond donors (Lipinski definition) is 2. The Kier molecular flexibility index (Phi) is 7.80. The lowest BCUT2D eigenvalue weighted by Gasteiger charge is -2.13. The molecular weight excluding hydrogens is 440 g/mol. The Bertz CT molecular complexity index is 1030. The molecule has 31 heavy (non-hydrogen) atoms. The molecule has 3 rings (SSSR count). The minimum Gasteiger partial charge on any atom is -0.354 e. The Balaban J connectivity index is 1.40. The van der Waals surface area contributed by atoms with Crippen LogP contribution in [0.3, 0.4) is 0 Å². The highest BCUT2D eigenvalue weighted by Gasteiger charge is 2.34. The third-order valence-corrected chi connectivity index (χ3v) is 5.51. The van der Waals surface area contributed by atoms with Crippen molar-refractivity contribution in [1.82, 2.24) is 20.5 Å². The zero-order chi connectivity index (χ0) is 22.2. The standard InChI is InChI=1S/C21H19ClN4O4S/c22-16-6-2-1-5-15(16)19(28)25-9-7-18(27)24-10-11-26-20(29)17(31-21(26)30)12-14-4-3-8-23-13-14/h1-6,8,12-13H,7,9-11H2,(H,24,27)(H,25,28). The summed E-state index contributed by atoms with van der Waals surface area (Å²) in [5.74, 6) is -1.07. The van der Waals surface area contributed by atoms with E-state index in [0.29, 0.717) is 15.5 Å². The van der Waals surface area contributed by atoms with Gasteiger partial charge in [-0.15, -0.1) is 0 Å². The topological polar surface area (TPSA) is 108 Å². The second-order valence-corrected chi connectivity index (χ2v) is 7.86. The van der Waals surface area contributed by atoms with Crippen molar-refractivity contribution in [1.29, 1.82) is 0 Å². The number of rotatable bonds is 8. The molecule has 1 aromatic carbocycles. The number of nitrogens with one attached hydrogen (secondary N) is 2. The molecular formula is C21H19ClN4O4S. The Morgan fingerprint density at radius 3 is 2.65 bits per heavy atom. The zero-order valence-electron chi connectivity index (χ0n) is 16.3. The van der Waals surface area contributed by atoms with E-state index in [1.165, 1.54) is 0 Å². The number of pyridine rings is 1. The van der Waals surface area contributed by atoms with Gasteiger partial charge in [-0.3, -0.25) is 29.1 Å². The molecule has 0 unspecified atom stereocenters. The smallest absolute Gasteiger partial charge is 0.293 e. The van der Waals surface area contributed by atoms with Gasteiger partial charge in [-0.25, -0.2) is 0 Å². The van der Waals surface area contributed by atoms with Gasteiger partial charge in [0.15, 0.2) is 0 Å². The summed E-state index contributed by atoms with van der Waals surface area (Å²) in [6, 6.07) is 10.1. The van der Waals surface area contributed by atoms with Gasteiger partial charge in [0.05, 0.1) is 15.5 Å². The summed E-state index contributed by atoms with van der Waals surface area (Å²) in [6.45, 7) is 0.313. The van der Waals surface area contributed by atoms with E-state index in [1.807, 2.05) is 0 Å². The number of imide groups is 1. The first-order valence-electron chi connectivity index (χ1n) is 9.40. The van der Waals surface area contributed by atoms with Crippen LogP contribution in [0, 0.1) is 0 Å². The first kappa shape index (κ1) is 22.5. The second-order valence-electron chi connectivity index (χ2n) is 6.46. The van der Waals surface area contributed by atoms with Crippen LogP contribution in [-0.4, -0.2) is 52.5 Å². The van der Waals surface area contributed by atoms with E-state index in [2.05, 4.69) is 15.6 Å². The average molecular weight is 459 g/mol. The van der Waals surface area contributed by atoms with E-state index in [1.54, 1.807) is 54.9 Å². The van der Waals surface area contributed by atoms with E-state index in [4.69, 9.17) is 11.6 Å². The maximum atomic E-state index is 12.4. The third-order valence-electron chi connectivity index (χ3n) is 4.27. The van der Waals surface area contributed by atoms with Crippen LogP contribution >= 0.6 is 23.4 Å². The predicted molar refractivity (Wildman–Crippen MR) is 118 cm³/mol. The molecule has 0 aliphatic carbocycles. The molecule has 1 aliphatic heterocycles. The van der Waals surface area contributed by atoms with Gasteiger partial charge < -0.3 is 10.6 Å². The number of carbonyl (C=O) groups excluding carboxylic acids is 4. The molecule has 0 atom stereocenters. The van der Waals surface area contributed by atoms with Crippen LogP contribution in [0.4, 0.5) is 4.79 Å². The van der Waals surface area contributed by atoms with Crippen LogP contribution < -0.4 is 10.6 Å². The van der Waals surface area contributed by atoms with Crippen molar-refractivity contribution < 1.29 is 19.2 Å². The van der Waals surface area contributed by atoms with Crippen LogP contribution in [0.1, 0.15) is 22.3 Å². The Hall–Kier alpha value is -3.17. The molecule has 1 saturated heterocycles. The SMILES string of the molecule is O=C(CCNC(=O)c1ccccc1Cl)NCCN1C(=O)SC(=Cc2cccnc2)C1=O. The highest BCUT2D eigenvalue weighted by atomic mass is 35.5. The molecule has 1 aliphatic rings. The van der Waals surface area contributed by atoms with Crippen molar-refractivity contribution in [2.24, 2.45) is 0 Å². The van der Waals surface area contributed by atoms with Crippen molar-refractivity contribution >= 4 is 52.4 Å². The fraction of sp³-hybridized carbons (Fsp3) is 0.190. The van der Waals surface area contributed by atoms with Gasteiger partial charge in [0.1, 0.15) is 0 Å². The van der Waals surface area contributed by atoms with Crippen molar-refractivity contribution in [2.45, 2.75) is 6.42 Å². The lowest BCUT2D eigenvalue weighted by molar-refractivity contribution is -0.124. The monoisotopic (exact) mass is 458 g/mol. The van der Waals surface area contributed by atoms with E-state index < -0.39 is 5.91 Å². The zero-order valence-corrected chi connectivity index (χ0v) is 17.9. The van der Waals surface area contributed by atoms with Gasteiger partial charge in [-0.05, 0) is 41.6 Å². The molecule has 160 valence electrons. The molecule has 0 spiro atoms. The maximum absolute atomic E-state index is 12.4. The summed E-state index contributed by atoms with van der Waals surface area (Å²) in [7, 11) is 0. The highest BCUT2D eigenvalue weighted by Crippen LogP contribution is 2.31. The normalized spacial score (nSPS) is 14.7. The first-order valence-corrected chi connectivity index (χ1v) is 10.6. The molecule has 0 radical (unpaired) electrons. The number of thioether (sulfide) groups is 1. The van der Waals surface area contributed by atoms with Crippen molar-refractivity contribution in [2.75, 3.05) is 19.6 Å². The Morgan fingerprint density at radius 2 is 1.90 bits per heavy atom. The minimum atomic E-state index is -0.403. The van der Waals surface area contributed by atoms with E-state index in [9.17, 15) is 19.2 Å². The number of aromatic nitrogens is 1. The second kappa shape index (κ2) is 10.7. The number of amides is 4. The molecule has 1 aromatic heterocycles. The van der Waals surface area contributed by atoms with Gasteiger partial charge in [-0.2, -0.15) is 0 Å². The number of benzene rings is 1. The molecule has 1 fully saturated rings. The molecule has 2 aromatic rings. The van der Waals surface area contributed by atoms with Gasteiger partial charge in [-0.1, -0.05) is 29.8 Å². The quantitative estimate of drug-likeness (QED) is 0.589. The first-order chi connectivity index (χ1) is 15.0. The molecule has 2 heterocycles. The summed E-state index contributed by atoms with van der Waals surface area (Å²) in [6.07, 6.45) is 4.88. The van der Waals surface area contributed by atoms with Gasteiger partial charge in [0, 0.05) is 38.4 Å². The summed E-state index contributed by atoms with van der Waals surface area (Å²) < 4.78 is 0. The lowest BCUT2D eigenvalue weighted by Crippen LogP contribution is -2.38. The molecule has 2 N–H and O–H groups in total. The summed E-state index contributed by atoms with van der Waals surface area (Å²) >= 11 is 6.81. The Morgan fingerprint density at radius 1 is 1.10 bits per heavy atom. The molecule has 0 saturated carbocycles. The molecule has 0 bridgehead atoms.